The average molecular weight is 281 g/mol. The summed E-state index contributed by atoms with van der Waals surface area (Å²) < 4.78 is 1.26. The summed E-state index contributed by atoms with van der Waals surface area (Å²) in [6, 6.07) is 11.5. The van der Waals surface area contributed by atoms with Gasteiger partial charge in [-0.25, -0.2) is 0 Å². The van der Waals surface area contributed by atoms with Crippen LogP contribution in [-0.4, -0.2) is 20.6 Å². The van der Waals surface area contributed by atoms with Gasteiger partial charge in [-0.3, -0.25) is 14.9 Å². The Morgan fingerprint density at radius 2 is 2.05 bits per heavy atom. The van der Waals surface area contributed by atoms with Crippen LogP contribution in [0.25, 0.3) is 10.9 Å². The van der Waals surface area contributed by atoms with Gasteiger partial charge in [0.15, 0.2) is 0 Å². The van der Waals surface area contributed by atoms with Gasteiger partial charge in [0.05, 0.1) is 16.6 Å². The summed E-state index contributed by atoms with van der Waals surface area (Å²) in [6.45, 7) is 1.90. The van der Waals surface area contributed by atoms with E-state index in [1.165, 1.54) is 29.1 Å². The van der Waals surface area contributed by atoms with Gasteiger partial charge in [0.2, 0.25) is 0 Å². The predicted molar refractivity (Wildman–Crippen MR) is 77.3 cm³/mol. The molecule has 6 heteroatoms. The molecule has 104 valence electrons. The smallest absolute Gasteiger partial charge is 0.267 e. The molecule has 2 aromatic carbocycles. The third-order valence-corrected chi connectivity index (χ3v) is 3.22. The van der Waals surface area contributed by atoms with Gasteiger partial charge < -0.3 is 0 Å². The zero-order valence-corrected chi connectivity index (χ0v) is 11.2. The highest BCUT2D eigenvalue weighted by Gasteiger charge is 2.15. The van der Waals surface area contributed by atoms with E-state index in [-0.39, 0.29) is 11.6 Å². The fourth-order valence-corrected chi connectivity index (χ4v) is 2.20. The summed E-state index contributed by atoms with van der Waals surface area (Å²) in [5, 5.41) is 15.4. The number of aromatic nitrogens is 2. The Labute approximate surface area is 119 Å². The second-order valence-electron chi connectivity index (χ2n) is 4.73. The van der Waals surface area contributed by atoms with Crippen molar-refractivity contribution in [1.29, 1.82) is 0 Å². The molecule has 0 saturated carbocycles. The molecule has 0 bridgehead atoms. The molecule has 3 rings (SSSR count). The lowest BCUT2D eigenvalue weighted by molar-refractivity contribution is -0.384. The SMILES string of the molecule is Cc1cccc(C(=O)n2ncc3cc([N+](=O)[O-])ccc32)c1. The number of carbonyl (C=O) groups excluding carboxylic acids is 1. The zero-order chi connectivity index (χ0) is 15.0. The summed E-state index contributed by atoms with van der Waals surface area (Å²) >= 11 is 0. The summed E-state index contributed by atoms with van der Waals surface area (Å²) in [5.74, 6) is -0.262. The topological polar surface area (TPSA) is 78.0 Å². The molecule has 0 fully saturated rings. The number of nitrogens with zero attached hydrogens (tertiary/aromatic N) is 3. The van der Waals surface area contributed by atoms with Crippen molar-refractivity contribution in [2.75, 3.05) is 0 Å². The van der Waals surface area contributed by atoms with Crippen molar-refractivity contribution < 1.29 is 9.72 Å². The van der Waals surface area contributed by atoms with Crippen LogP contribution in [0.5, 0.6) is 0 Å². The van der Waals surface area contributed by atoms with Crippen molar-refractivity contribution in [1.82, 2.24) is 9.78 Å². The molecule has 3 aromatic rings. The minimum atomic E-state index is -0.473. The van der Waals surface area contributed by atoms with Gasteiger partial charge in [-0.05, 0) is 25.1 Å². The van der Waals surface area contributed by atoms with Crippen molar-refractivity contribution in [2.45, 2.75) is 6.92 Å². The number of nitro benzene ring substituents is 1. The van der Waals surface area contributed by atoms with E-state index in [1.54, 1.807) is 18.2 Å². The number of hydrogen-bond acceptors (Lipinski definition) is 4. The number of aryl methyl sites for hydroxylation is 1. The van der Waals surface area contributed by atoms with E-state index in [1.807, 2.05) is 13.0 Å². The minimum absolute atomic E-state index is 0.0231. The molecule has 21 heavy (non-hydrogen) atoms. The van der Waals surface area contributed by atoms with Crippen molar-refractivity contribution in [3.63, 3.8) is 0 Å². The predicted octanol–water partition coefficient (Wildman–Crippen LogP) is 2.94. The van der Waals surface area contributed by atoms with Crippen LogP contribution in [-0.2, 0) is 0 Å². The number of carbonyl (C=O) groups is 1. The third kappa shape index (κ3) is 2.27. The molecule has 1 aromatic heterocycles. The van der Waals surface area contributed by atoms with Crippen LogP contribution in [0.15, 0.2) is 48.7 Å². The number of benzene rings is 2. The minimum Gasteiger partial charge on any atom is -0.267 e. The summed E-state index contributed by atoms with van der Waals surface area (Å²) in [7, 11) is 0. The Balaban J connectivity index is 2.09. The average Bonchev–Trinajstić information content (AvgIpc) is 2.89. The highest BCUT2D eigenvalue weighted by Crippen LogP contribution is 2.21. The van der Waals surface area contributed by atoms with Crippen molar-refractivity contribution >= 4 is 22.5 Å². The lowest BCUT2D eigenvalue weighted by atomic mass is 10.1. The number of fused-ring (bicyclic) bond motifs is 1. The normalized spacial score (nSPS) is 10.7. The van der Waals surface area contributed by atoms with E-state index in [2.05, 4.69) is 5.10 Å². The maximum absolute atomic E-state index is 12.5. The molecule has 0 aliphatic rings. The van der Waals surface area contributed by atoms with Crippen LogP contribution in [0.2, 0.25) is 0 Å². The number of non-ortho nitro benzene ring substituents is 1. The first-order valence-electron chi connectivity index (χ1n) is 6.30. The van der Waals surface area contributed by atoms with Gasteiger partial charge in [-0.2, -0.15) is 9.78 Å². The maximum atomic E-state index is 12.5. The van der Waals surface area contributed by atoms with E-state index in [4.69, 9.17) is 0 Å². The van der Waals surface area contributed by atoms with E-state index in [9.17, 15) is 14.9 Å². The van der Waals surface area contributed by atoms with Crippen LogP contribution >= 0.6 is 0 Å². The van der Waals surface area contributed by atoms with E-state index < -0.39 is 4.92 Å². The molecule has 0 saturated heterocycles. The van der Waals surface area contributed by atoms with E-state index in [0.29, 0.717) is 16.5 Å². The van der Waals surface area contributed by atoms with Crippen LogP contribution in [0.3, 0.4) is 0 Å². The maximum Gasteiger partial charge on any atom is 0.278 e. The number of hydrogen-bond donors (Lipinski definition) is 0. The number of rotatable bonds is 2. The first-order chi connectivity index (χ1) is 10.1. The van der Waals surface area contributed by atoms with Crippen molar-refractivity contribution in [3.8, 4) is 0 Å². The first-order valence-corrected chi connectivity index (χ1v) is 6.30. The second kappa shape index (κ2) is 4.82. The van der Waals surface area contributed by atoms with Gasteiger partial charge in [0.25, 0.3) is 11.6 Å². The highest BCUT2D eigenvalue weighted by molar-refractivity contribution is 6.01. The quantitative estimate of drug-likeness (QED) is 0.534. The van der Waals surface area contributed by atoms with Crippen molar-refractivity contribution in [2.24, 2.45) is 0 Å². The van der Waals surface area contributed by atoms with Gasteiger partial charge in [0.1, 0.15) is 0 Å². The van der Waals surface area contributed by atoms with Crippen LogP contribution in [0.1, 0.15) is 15.9 Å². The molecule has 0 aliphatic heterocycles. The Bertz CT molecular complexity index is 867. The van der Waals surface area contributed by atoms with Crippen LogP contribution in [0.4, 0.5) is 5.69 Å². The largest absolute Gasteiger partial charge is 0.278 e. The van der Waals surface area contributed by atoms with Crippen molar-refractivity contribution in [3.05, 3.63) is 69.9 Å². The van der Waals surface area contributed by atoms with E-state index >= 15 is 0 Å². The van der Waals surface area contributed by atoms with Gasteiger partial charge >= 0.3 is 0 Å². The van der Waals surface area contributed by atoms with Gasteiger partial charge in [-0.1, -0.05) is 17.7 Å². The monoisotopic (exact) mass is 281 g/mol. The lowest BCUT2D eigenvalue weighted by Crippen LogP contribution is -2.13. The molecule has 1 heterocycles. The molecule has 0 atom stereocenters. The number of nitro groups is 1. The van der Waals surface area contributed by atoms with Gasteiger partial charge in [-0.15, -0.1) is 0 Å². The standard InChI is InChI=1S/C15H11N3O3/c1-10-3-2-4-11(7-10)15(19)17-14-6-5-13(18(20)21)8-12(14)9-16-17/h2-9H,1H3. The van der Waals surface area contributed by atoms with E-state index in [0.717, 1.165) is 5.56 Å². The fraction of sp³-hybridized carbons (Fsp3) is 0.0667. The van der Waals surface area contributed by atoms with Crippen LogP contribution < -0.4 is 0 Å². The molecular weight excluding hydrogens is 270 g/mol. The second-order valence-corrected chi connectivity index (χ2v) is 4.73. The lowest BCUT2D eigenvalue weighted by Gasteiger charge is -2.03. The van der Waals surface area contributed by atoms with Crippen LogP contribution in [0, 0.1) is 17.0 Å². The molecule has 0 aliphatic carbocycles. The molecular formula is C15H11N3O3. The Hall–Kier alpha value is -3.02. The Kier molecular flexibility index (Phi) is 2.98. The Morgan fingerprint density at radius 1 is 1.24 bits per heavy atom. The summed E-state index contributed by atoms with van der Waals surface area (Å²) in [4.78, 5) is 22.7. The fourth-order valence-electron chi connectivity index (χ4n) is 2.20. The highest BCUT2D eigenvalue weighted by atomic mass is 16.6. The molecule has 0 spiro atoms. The third-order valence-electron chi connectivity index (χ3n) is 3.22. The molecule has 6 nitrogen and oxygen atoms in total. The first kappa shape index (κ1) is 13.0. The summed E-state index contributed by atoms with van der Waals surface area (Å²) in [5.41, 5.74) is 2.03. The zero-order valence-electron chi connectivity index (χ0n) is 11.2. The summed E-state index contributed by atoms with van der Waals surface area (Å²) in [6.07, 6.45) is 1.45. The molecule has 0 amide bonds. The molecule has 0 unspecified atom stereocenters. The molecule has 0 radical (unpaired) electrons. The molecule has 0 N–H and O–H groups in total. The van der Waals surface area contributed by atoms with Gasteiger partial charge in [0, 0.05) is 23.1 Å². The Morgan fingerprint density at radius 3 is 2.76 bits per heavy atom.